The smallest absolute Gasteiger partial charge is 0.228 e. The molecule has 0 bridgehead atoms. The molecule has 24 heavy (non-hydrogen) atoms. The third-order valence-corrected chi connectivity index (χ3v) is 4.82. The molecule has 0 aromatic heterocycles. The van der Waals surface area contributed by atoms with Crippen molar-refractivity contribution in [3.05, 3.63) is 59.1 Å². The van der Waals surface area contributed by atoms with Crippen LogP contribution in [-0.4, -0.2) is 18.5 Å². The number of hydrogen-bond donors (Lipinski definition) is 1. The number of carbonyl (C=O) groups is 1. The van der Waals surface area contributed by atoms with Crippen molar-refractivity contribution in [1.29, 1.82) is 0 Å². The normalized spacial score (nSPS) is 17.6. The number of anilines is 2. The third-order valence-electron chi connectivity index (χ3n) is 4.56. The van der Waals surface area contributed by atoms with Crippen LogP contribution in [0.15, 0.2) is 48.5 Å². The molecule has 0 spiro atoms. The first-order valence-corrected chi connectivity index (χ1v) is 8.90. The molecule has 126 valence electrons. The zero-order valence-electron chi connectivity index (χ0n) is 14.0. The summed E-state index contributed by atoms with van der Waals surface area (Å²) in [6.45, 7) is 3.39. The van der Waals surface area contributed by atoms with E-state index >= 15 is 0 Å². The first-order valence-electron chi connectivity index (χ1n) is 8.53. The Morgan fingerprint density at radius 3 is 2.50 bits per heavy atom. The molecular formula is C20H23ClN2O. The van der Waals surface area contributed by atoms with Crippen molar-refractivity contribution in [1.82, 2.24) is 0 Å². The Morgan fingerprint density at radius 2 is 1.83 bits per heavy atom. The van der Waals surface area contributed by atoms with E-state index in [9.17, 15) is 4.79 Å². The van der Waals surface area contributed by atoms with Crippen LogP contribution in [0.1, 0.15) is 31.7 Å². The SMILES string of the molecule is C[C@@H]1CCCCN1c1ccc(NC(=O)Cc2ccc(Cl)cc2)cc1. The molecule has 0 unspecified atom stereocenters. The number of nitrogens with zero attached hydrogens (tertiary/aromatic N) is 1. The van der Waals surface area contributed by atoms with E-state index in [1.807, 2.05) is 24.3 Å². The number of carbonyl (C=O) groups excluding carboxylic acids is 1. The zero-order chi connectivity index (χ0) is 16.9. The van der Waals surface area contributed by atoms with E-state index in [2.05, 4.69) is 29.3 Å². The number of piperidine rings is 1. The molecule has 3 rings (SSSR count). The third kappa shape index (κ3) is 4.30. The summed E-state index contributed by atoms with van der Waals surface area (Å²) in [4.78, 5) is 14.6. The van der Waals surface area contributed by atoms with E-state index in [1.54, 1.807) is 12.1 Å². The van der Waals surface area contributed by atoms with Crippen LogP contribution < -0.4 is 10.2 Å². The largest absolute Gasteiger partial charge is 0.369 e. The highest BCUT2D eigenvalue weighted by Crippen LogP contribution is 2.25. The van der Waals surface area contributed by atoms with Crippen molar-refractivity contribution in [2.75, 3.05) is 16.8 Å². The second-order valence-electron chi connectivity index (χ2n) is 6.44. The molecule has 1 aliphatic rings. The van der Waals surface area contributed by atoms with Crippen molar-refractivity contribution in [2.24, 2.45) is 0 Å². The van der Waals surface area contributed by atoms with Crippen LogP contribution in [0.2, 0.25) is 5.02 Å². The number of nitrogens with one attached hydrogen (secondary N) is 1. The number of halogens is 1. The topological polar surface area (TPSA) is 32.3 Å². The predicted octanol–water partition coefficient (Wildman–Crippen LogP) is 4.90. The zero-order valence-corrected chi connectivity index (χ0v) is 14.7. The van der Waals surface area contributed by atoms with Crippen LogP contribution in [0.3, 0.4) is 0 Å². The highest BCUT2D eigenvalue weighted by atomic mass is 35.5. The lowest BCUT2D eigenvalue weighted by Gasteiger charge is -2.35. The molecule has 1 fully saturated rings. The maximum atomic E-state index is 12.2. The highest BCUT2D eigenvalue weighted by molar-refractivity contribution is 6.30. The highest BCUT2D eigenvalue weighted by Gasteiger charge is 2.18. The second-order valence-corrected chi connectivity index (χ2v) is 6.87. The van der Waals surface area contributed by atoms with Gasteiger partial charge in [-0.15, -0.1) is 0 Å². The average molecular weight is 343 g/mol. The minimum absolute atomic E-state index is 0.0172. The van der Waals surface area contributed by atoms with E-state index in [1.165, 1.54) is 24.9 Å². The van der Waals surface area contributed by atoms with Gasteiger partial charge in [0.25, 0.3) is 0 Å². The summed E-state index contributed by atoms with van der Waals surface area (Å²) >= 11 is 5.86. The monoisotopic (exact) mass is 342 g/mol. The van der Waals surface area contributed by atoms with Crippen molar-refractivity contribution < 1.29 is 4.79 Å². The van der Waals surface area contributed by atoms with Crippen LogP contribution in [-0.2, 0) is 11.2 Å². The van der Waals surface area contributed by atoms with Gasteiger partial charge >= 0.3 is 0 Å². The molecule has 0 radical (unpaired) electrons. The van der Waals surface area contributed by atoms with Crippen molar-refractivity contribution >= 4 is 28.9 Å². The summed E-state index contributed by atoms with van der Waals surface area (Å²) in [5, 5.41) is 3.64. The maximum Gasteiger partial charge on any atom is 0.228 e. The minimum atomic E-state index is -0.0172. The standard InChI is InChI=1S/C20H23ClN2O/c1-15-4-2-3-13-23(15)19-11-9-18(10-12-19)22-20(24)14-16-5-7-17(21)8-6-16/h5-12,15H,2-4,13-14H2,1H3,(H,22,24)/t15-/m1/s1. The summed E-state index contributed by atoms with van der Waals surface area (Å²) in [6, 6.07) is 16.1. The summed E-state index contributed by atoms with van der Waals surface area (Å²) < 4.78 is 0. The molecule has 1 atom stereocenters. The van der Waals surface area contributed by atoms with Gasteiger partial charge < -0.3 is 10.2 Å². The van der Waals surface area contributed by atoms with Crippen LogP contribution in [0, 0.1) is 0 Å². The Hall–Kier alpha value is -2.00. The molecule has 1 amide bonds. The minimum Gasteiger partial charge on any atom is -0.369 e. The van der Waals surface area contributed by atoms with Crippen molar-refractivity contribution in [3.63, 3.8) is 0 Å². The molecule has 3 nitrogen and oxygen atoms in total. The van der Waals surface area contributed by atoms with Gasteiger partial charge in [0.15, 0.2) is 0 Å². The fraction of sp³-hybridized carbons (Fsp3) is 0.350. The van der Waals surface area contributed by atoms with E-state index in [0.717, 1.165) is 17.8 Å². The quantitative estimate of drug-likeness (QED) is 0.857. The molecule has 1 aliphatic heterocycles. The molecule has 4 heteroatoms. The molecule has 1 N–H and O–H groups in total. The Kier molecular flexibility index (Phi) is 5.41. The van der Waals surface area contributed by atoms with Crippen LogP contribution >= 0.6 is 11.6 Å². The lowest BCUT2D eigenvalue weighted by molar-refractivity contribution is -0.115. The van der Waals surface area contributed by atoms with Gasteiger partial charge in [-0.2, -0.15) is 0 Å². The molecule has 2 aromatic rings. The Bertz CT molecular complexity index is 682. The van der Waals surface area contributed by atoms with E-state index < -0.39 is 0 Å². The number of benzene rings is 2. The fourth-order valence-electron chi connectivity index (χ4n) is 3.21. The number of hydrogen-bond acceptors (Lipinski definition) is 2. The summed E-state index contributed by atoms with van der Waals surface area (Å²) in [6.07, 6.45) is 4.17. The van der Waals surface area contributed by atoms with E-state index in [4.69, 9.17) is 11.6 Å². The fourth-order valence-corrected chi connectivity index (χ4v) is 3.34. The number of amides is 1. The summed E-state index contributed by atoms with van der Waals surface area (Å²) in [7, 11) is 0. The number of rotatable bonds is 4. The van der Waals surface area contributed by atoms with Gasteiger partial charge in [0.2, 0.25) is 5.91 Å². The van der Waals surface area contributed by atoms with Crippen molar-refractivity contribution in [2.45, 2.75) is 38.6 Å². The van der Waals surface area contributed by atoms with Gasteiger partial charge in [-0.05, 0) is 68.1 Å². The van der Waals surface area contributed by atoms with E-state index in [-0.39, 0.29) is 5.91 Å². The maximum absolute atomic E-state index is 12.2. The Morgan fingerprint density at radius 1 is 1.12 bits per heavy atom. The molecule has 1 saturated heterocycles. The Labute approximate surface area is 148 Å². The molecule has 1 heterocycles. The van der Waals surface area contributed by atoms with Gasteiger partial charge in [0, 0.05) is 29.0 Å². The van der Waals surface area contributed by atoms with Crippen LogP contribution in [0.4, 0.5) is 11.4 Å². The summed E-state index contributed by atoms with van der Waals surface area (Å²) in [5.74, 6) is -0.0172. The van der Waals surface area contributed by atoms with Gasteiger partial charge in [-0.25, -0.2) is 0 Å². The summed E-state index contributed by atoms with van der Waals surface area (Å²) in [5.41, 5.74) is 3.02. The lowest BCUT2D eigenvalue weighted by Crippen LogP contribution is -2.37. The predicted molar refractivity (Wildman–Crippen MR) is 101 cm³/mol. The first-order chi connectivity index (χ1) is 11.6. The average Bonchev–Trinajstić information content (AvgIpc) is 2.58. The van der Waals surface area contributed by atoms with E-state index in [0.29, 0.717) is 17.5 Å². The molecule has 2 aromatic carbocycles. The second kappa shape index (κ2) is 7.71. The van der Waals surface area contributed by atoms with Crippen molar-refractivity contribution in [3.8, 4) is 0 Å². The molecule has 0 saturated carbocycles. The van der Waals surface area contributed by atoms with Gasteiger partial charge in [-0.3, -0.25) is 4.79 Å². The van der Waals surface area contributed by atoms with Gasteiger partial charge in [0.1, 0.15) is 0 Å². The Balaban J connectivity index is 1.59. The van der Waals surface area contributed by atoms with Crippen LogP contribution in [0.5, 0.6) is 0 Å². The van der Waals surface area contributed by atoms with Crippen LogP contribution in [0.25, 0.3) is 0 Å². The molecule has 0 aliphatic carbocycles. The van der Waals surface area contributed by atoms with Gasteiger partial charge in [-0.1, -0.05) is 23.7 Å². The van der Waals surface area contributed by atoms with Gasteiger partial charge in [0.05, 0.1) is 6.42 Å². The lowest BCUT2D eigenvalue weighted by atomic mass is 10.0. The first kappa shape index (κ1) is 16.8. The molecular weight excluding hydrogens is 320 g/mol.